The number of carboxylic acid groups (broad SMARTS) is 1. The van der Waals surface area contributed by atoms with Gasteiger partial charge in [0.15, 0.2) is 0 Å². The van der Waals surface area contributed by atoms with Crippen LogP contribution in [-0.2, 0) is 9.53 Å². The van der Waals surface area contributed by atoms with E-state index in [1.165, 1.54) is 25.9 Å². The summed E-state index contributed by atoms with van der Waals surface area (Å²) >= 11 is 0. The summed E-state index contributed by atoms with van der Waals surface area (Å²) in [5.41, 5.74) is 0. The largest absolute Gasteiger partial charge is 0.481 e. The van der Waals surface area contributed by atoms with Crippen molar-refractivity contribution in [3.8, 4) is 0 Å². The van der Waals surface area contributed by atoms with Crippen LogP contribution in [0.25, 0.3) is 0 Å². The summed E-state index contributed by atoms with van der Waals surface area (Å²) in [6.07, 6.45) is 4.30. The van der Waals surface area contributed by atoms with Crippen molar-refractivity contribution in [1.29, 1.82) is 0 Å². The van der Waals surface area contributed by atoms with Crippen LogP contribution in [0.4, 0.5) is 0 Å². The van der Waals surface area contributed by atoms with Crippen molar-refractivity contribution in [3.63, 3.8) is 0 Å². The smallest absolute Gasteiger partial charge is 0.303 e. The molecule has 0 aliphatic carbocycles. The zero-order chi connectivity index (χ0) is 13.4. The molecule has 0 bridgehead atoms. The van der Waals surface area contributed by atoms with Gasteiger partial charge < -0.3 is 14.7 Å². The lowest BCUT2D eigenvalue weighted by atomic mass is 9.97. The van der Waals surface area contributed by atoms with Gasteiger partial charge in [-0.05, 0) is 58.5 Å². The lowest BCUT2D eigenvalue weighted by molar-refractivity contribution is -0.137. The highest BCUT2D eigenvalue weighted by Crippen LogP contribution is 2.19. The highest BCUT2D eigenvalue weighted by Gasteiger charge is 2.20. The second-order valence-corrected chi connectivity index (χ2v) is 5.50. The van der Waals surface area contributed by atoms with E-state index in [0.717, 1.165) is 19.4 Å². The second-order valence-electron chi connectivity index (χ2n) is 5.50. The van der Waals surface area contributed by atoms with E-state index in [-0.39, 0.29) is 6.42 Å². The molecule has 4 heteroatoms. The molecule has 0 amide bonds. The molecule has 1 aliphatic heterocycles. The Bertz CT molecular complexity index is 235. The third kappa shape index (κ3) is 6.36. The van der Waals surface area contributed by atoms with Gasteiger partial charge in [-0.3, -0.25) is 4.79 Å². The highest BCUT2D eigenvalue weighted by molar-refractivity contribution is 5.66. The van der Waals surface area contributed by atoms with E-state index in [9.17, 15) is 4.79 Å². The number of piperidine rings is 1. The number of hydrogen-bond donors (Lipinski definition) is 1. The Morgan fingerprint density at radius 2 is 2.00 bits per heavy atom. The quantitative estimate of drug-likeness (QED) is 0.678. The maximum absolute atomic E-state index is 10.3. The molecule has 4 nitrogen and oxygen atoms in total. The second kappa shape index (κ2) is 8.48. The van der Waals surface area contributed by atoms with Gasteiger partial charge in [0.2, 0.25) is 0 Å². The molecule has 1 rings (SSSR count). The Hall–Kier alpha value is -0.610. The van der Waals surface area contributed by atoms with Crippen molar-refractivity contribution in [2.24, 2.45) is 5.92 Å². The molecule has 0 saturated carbocycles. The van der Waals surface area contributed by atoms with Crippen LogP contribution >= 0.6 is 0 Å². The fraction of sp³-hybridized carbons (Fsp3) is 0.929. The monoisotopic (exact) mass is 257 g/mol. The first-order valence-corrected chi connectivity index (χ1v) is 7.13. The number of unbranched alkanes of at least 4 members (excludes halogenated alkanes) is 1. The number of nitrogens with zero attached hydrogens (tertiary/aromatic N) is 1. The van der Waals surface area contributed by atoms with Gasteiger partial charge in [-0.25, -0.2) is 0 Å². The van der Waals surface area contributed by atoms with Crippen molar-refractivity contribution in [3.05, 3.63) is 0 Å². The number of likely N-dealkylation sites (tertiary alicyclic amines) is 1. The maximum atomic E-state index is 10.3. The van der Waals surface area contributed by atoms with Crippen LogP contribution in [0.1, 0.15) is 46.0 Å². The van der Waals surface area contributed by atoms with Crippen LogP contribution in [0.2, 0.25) is 0 Å². The molecule has 0 aromatic rings. The number of ether oxygens (including phenoxy) is 1. The summed E-state index contributed by atoms with van der Waals surface area (Å²) in [7, 11) is 0. The Morgan fingerprint density at radius 3 is 2.56 bits per heavy atom. The predicted molar refractivity (Wildman–Crippen MR) is 71.7 cm³/mol. The first-order chi connectivity index (χ1) is 8.59. The van der Waals surface area contributed by atoms with Gasteiger partial charge in [-0.1, -0.05) is 0 Å². The predicted octanol–water partition coefficient (Wildman–Crippen LogP) is 2.38. The van der Waals surface area contributed by atoms with E-state index in [1.54, 1.807) is 0 Å². The molecule has 1 saturated heterocycles. The van der Waals surface area contributed by atoms with Gasteiger partial charge in [0.1, 0.15) is 0 Å². The van der Waals surface area contributed by atoms with Crippen LogP contribution in [0.5, 0.6) is 0 Å². The Morgan fingerprint density at radius 1 is 1.33 bits per heavy atom. The van der Waals surface area contributed by atoms with Gasteiger partial charge >= 0.3 is 5.97 Å². The minimum atomic E-state index is -0.712. The molecular weight excluding hydrogens is 230 g/mol. The topological polar surface area (TPSA) is 49.8 Å². The van der Waals surface area contributed by atoms with Crippen LogP contribution in [0.15, 0.2) is 0 Å². The third-order valence-corrected chi connectivity index (χ3v) is 3.66. The molecule has 1 aliphatic rings. The fourth-order valence-corrected chi connectivity index (χ4v) is 2.37. The Kier molecular flexibility index (Phi) is 7.28. The van der Waals surface area contributed by atoms with Crippen LogP contribution < -0.4 is 0 Å². The van der Waals surface area contributed by atoms with E-state index in [1.807, 2.05) is 0 Å². The van der Waals surface area contributed by atoms with Gasteiger partial charge in [0, 0.05) is 25.7 Å². The molecule has 0 radical (unpaired) electrons. The molecule has 0 unspecified atom stereocenters. The molecular formula is C14H27NO3. The minimum Gasteiger partial charge on any atom is -0.481 e. The molecule has 1 heterocycles. The lowest BCUT2D eigenvalue weighted by Crippen LogP contribution is -2.39. The number of carbonyl (C=O) groups is 1. The SMILES string of the molecule is CC(C)N1CCC(COCCCCC(=O)O)CC1. The summed E-state index contributed by atoms with van der Waals surface area (Å²) in [5.74, 6) is -0.0180. The number of hydrogen-bond acceptors (Lipinski definition) is 3. The van der Waals surface area contributed by atoms with Crippen LogP contribution in [-0.4, -0.2) is 48.3 Å². The molecule has 0 atom stereocenters. The number of carboxylic acids is 1. The van der Waals surface area contributed by atoms with E-state index < -0.39 is 5.97 Å². The van der Waals surface area contributed by atoms with E-state index in [4.69, 9.17) is 9.84 Å². The lowest BCUT2D eigenvalue weighted by Gasteiger charge is -2.34. The summed E-state index contributed by atoms with van der Waals surface area (Å²) in [4.78, 5) is 12.8. The van der Waals surface area contributed by atoms with Gasteiger partial charge in [-0.2, -0.15) is 0 Å². The zero-order valence-corrected chi connectivity index (χ0v) is 11.7. The van der Waals surface area contributed by atoms with E-state index in [2.05, 4.69) is 18.7 Å². The van der Waals surface area contributed by atoms with Crippen molar-refractivity contribution < 1.29 is 14.6 Å². The molecule has 0 spiro atoms. The molecule has 1 N–H and O–H groups in total. The van der Waals surface area contributed by atoms with E-state index >= 15 is 0 Å². The average molecular weight is 257 g/mol. The van der Waals surface area contributed by atoms with Crippen molar-refractivity contribution in [1.82, 2.24) is 4.90 Å². The van der Waals surface area contributed by atoms with Crippen molar-refractivity contribution >= 4 is 5.97 Å². The standard InChI is InChI=1S/C14H27NO3/c1-12(2)15-8-6-13(7-9-15)11-18-10-4-3-5-14(16)17/h12-13H,3-11H2,1-2H3,(H,16,17). The molecule has 0 aromatic heterocycles. The van der Waals surface area contributed by atoms with Gasteiger partial charge in [0.25, 0.3) is 0 Å². The van der Waals surface area contributed by atoms with Crippen molar-refractivity contribution in [2.45, 2.75) is 52.0 Å². The minimum absolute atomic E-state index is 0.260. The van der Waals surface area contributed by atoms with E-state index in [0.29, 0.717) is 18.6 Å². The van der Waals surface area contributed by atoms with Crippen LogP contribution in [0, 0.1) is 5.92 Å². The van der Waals surface area contributed by atoms with Gasteiger partial charge in [0.05, 0.1) is 0 Å². The highest BCUT2D eigenvalue weighted by atomic mass is 16.5. The molecule has 106 valence electrons. The average Bonchev–Trinajstić information content (AvgIpc) is 2.34. The maximum Gasteiger partial charge on any atom is 0.303 e. The number of aliphatic carboxylic acids is 1. The molecule has 1 fully saturated rings. The first-order valence-electron chi connectivity index (χ1n) is 7.13. The van der Waals surface area contributed by atoms with Crippen molar-refractivity contribution in [2.75, 3.05) is 26.3 Å². The summed E-state index contributed by atoms with van der Waals surface area (Å²) < 4.78 is 5.64. The van der Waals surface area contributed by atoms with Gasteiger partial charge in [-0.15, -0.1) is 0 Å². The molecule has 0 aromatic carbocycles. The fourth-order valence-electron chi connectivity index (χ4n) is 2.37. The number of rotatable bonds is 8. The normalized spacial score (nSPS) is 18.4. The Labute approximate surface area is 110 Å². The summed E-state index contributed by atoms with van der Waals surface area (Å²) in [6.45, 7) is 8.42. The summed E-state index contributed by atoms with van der Waals surface area (Å²) in [6, 6.07) is 0.655. The molecule has 18 heavy (non-hydrogen) atoms. The van der Waals surface area contributed by atoms with Crippen LogP contribution in [0.3, 0.4) is 0 Å². The Balaban J connectivity index is 1.96. The first kappa shape index (κ1) is 15.4. The summed E-state index contributed by atoms with van der Waals surface area (Å²) in [5, 5.41) is 8.50. The third-order valence-electron chi connectivity index (χ3n) is 3.66. The zero-order valence-electron chi connectivity index (χ0n) is 11.7.